The van der Waals surface area contributed by atoms with Crippen LogP contribution in [0.2, 0.25) is 0 Å². The minimum atomic E-state index is 0.120. The summed E-state index contributed by atoms with van der Waals surface area (Å²) in [4.78, 5) is 28.1. The van der Waals surface area contributed by atoms with Crippen LogP contribution in [0, 0.1) is 0 Å². The molecule has 0 N–H and O–H groups in total. The fourth-order valence-electron chi connectivity index (χ4n) is 3.53. The molecule has 4 rings (SSSR count). The van der Waals surface area contributed by atoms with E-state index in [0.717, 1.165) is 42.9 Å². The molecule has 0 bridgehead atoms. The van der Waals surface area contributed by atoms with Crippen LogP contribution in [0.1, 0.15) is 36.5 Å². The topological polar surface area (TPSA) is 81.7 Å². The van der Waals surface area contributed by atoms with E-state index in [4.69, 9.17) is 0 Å². The number of aromatic nitrogens is 6. The molecule has 1 fully saturated rings. The summed E-state index contributed by atoms with van der Waals surface area (Å²) >= 11 is 0. The van der Waals surface area contributed by atoms with Crippen molar-refractivity contribution in [1.82, 2.24) is 29.3 Å². The summed E-state index contributed by atoms with van der Waals surface area (Å²) in [5, 5.41) is 4.09. The quantitative estimate of drug-likeness (QED) is 0.660. The first kappa shape index (κ1) is 15.7. The molecule has 1 aliphatic rings. The number of anilines is 1. The third-order valence-corrected chi connectivity index (χ3v) is 4.82. The first-order valence-electron chi connectivity index (χ1n) is 8.61. The van der Waals surface area contributed by atoms with Gasteiger partial charge in [-0.1, -0.05) is 0 Å². The highest BCUT2D eigenvalue weighted by atomic mass is 16.1. The highest BCUT2D eigenvalue weighted by Gasteiger charge is 2.30. The van der Waals surface area contributed by atoms with Crippen molar-refractivity contribution < 1.29 is 4.79 Å². The fourth-order valence-corrected chi connectivity index (χ4v) is 3.53. The lowest BCUT2D eigenvalue weighted by Gasteiger charge is -2.25. The van der Waals surface area contributed by atoms with E-state index in [2.05, 4.69) is 31.9 Å². The fraction of sp³-hybridized carbons (Fsp3) is 0.471. The smallest absolute Gasteiger partial charge is 0.168 e. The van der Waals surface area contributed by atoms with E-state index in [0.29, 0.717) is 12.0 Å². The molecule has 0 unspecified atom stereocenters. The maximum Gasteiger partial charge on any atom is 0.168 e. The summed E-state index contributed by atoms with van der Waals surface area (Å²) in [5.74, 6) is 0.952. The number of rotatable bonds is 5. The zero-order valence-corrected chi connectivity index (χ0v) is 14.5. The van der Waals surface area contributed by atoms with E-state index in [1.807, 2.05) is 11.6 Å². The SMILES string of the molecule is CCn1cnc2c(N3CCC[C@@H]3CC(=O)c3cnn(C)c3)ncnc21. The van der Waals surface area contributed by atoms with Crippen molar-refractivity contribution in [3.8, 4) is 0 Å². The van der Waals surface area contributed by atoms with Gasteiger partial charge < -0.3 is 9.47 Å². The maximum atomic E-state index is 12.6. The molecule has 0 aliphatic carbocycles. The van der Waals surface area contributed by atoms with E-state index in [1.54, 1.807) is 29.7 Å². The number of ketones is 1. The van der Waals surface area contributed by atoms with Gasteiger partial charge in [-0.3, -0.25) is 9.48 Å². The van der Waals surface area contributed by atoms with E-state index in [9.17, 15) is 4.79 Å². The number of Topliss-reactive ketones (excluding diaryl/α,β-unsaturated/α-hetero) is 1. The molecule has 8 heteroatoms. The van der Waals surface area contributed by atoms with Crippen molar-refractivity contribution in [3.05, 3.63) is 30.6 Å². The molecule has 25 heavy (non-hydrogen) atoms. The average molecular weight is 339 g/mol. The molecule has 4 heterocycles. The van der Waals surface area contributed by atoms with Gasteiger partial charge in [0.15, 0.2) is 22.8 Å². The number of nitrogens with zero attached hydrogens (tertiary/aromatic N) is 7. The van der Waals surface area contributed by atoms with Crippen LogP contribution in [0.3, 0.4) is 0 Å². The molecular formula is C17H21N7O. The first-order valence-corrected chi connectivity index (χ1v) is 8.61. The Morgan fingerprint density at radius 1 is 1.32 bits per heavy atom. The third kappa shape index (κ3) is 2.77. The number of carbonyl (C=O) groups is 1. The molecule has 0 spiro atoms. The Labute approximate surface area is 145 Å². The first-order chi connectivity index (χ1) is 12.2. The predicted octanol–water partition coefficient (Wildman–Crippen LogP) is 1.82. The van der Waals surface area contributed by atoms with Gasteiger partial charge in [-0.15, -0.1) is 0 Å². The molecule has 0 saturated carbocycles. The molecule has 1 atom stereocenters. The Morgan fingerprint density at radius 3 is 2.96 bits per heavy atom. The minimum Gasteiger partial charge on any atom is -0.351 e. The molecule has 8 nitrogen and oxygen atoms in total. The molecule has 3 aromatic heterocycles. The van der Waals surface area contributed by atoms with Crippen LogP contribution in [-0.4, -0.2) is 47.7 Å². The summed E-state index contributed by atoms with van der Waals surface area (Å²) < 4.78 is 3.66. The van der Waals surface area contributed by atoms with Crippen molar-refractivity contribution in [2.45, 2.75) is 38.8 Å². The van der Waals surface area contributed by atoms with Crippen LogP contribution in [0.4, 0.5) is 5.82 Å². The lowest BCUT2D eigenvalue weighted by Crippen LogP contribution is -2.32. The van der Waals surface area contributed by atoms with Crippen molar-refractivity contribution >= 4 is 22.8 Å². The van der Waals surface area contributed by atoms with E-state index in [-0.39, 0.29) is 11.8 Å². The Hall–Kier alpha value is -2.77. The molecular weight excluding hydrogens is 318 g/mol. The summed E-state index contributed by atoms with van der Waals surface area (Å²) in [6.45, 7) is 3.76. The Morgan fingerprint density at radius 2 is 2.20 bits per heavy atom. The second-order valence-corrected chi connectivity index (χ2v) is 6.42. The molecule has 3 aromatic rings. The number of imidazole rings is 1. The average Bonchev–Trinajstić information content (AvgIpc) is 3.33. The number of carbonyl (C=O) groups excluding carboxylic acids is 1. The lowest BCUT2D eigenvalue weighted by atomic mass is 10.0. The maximum absolute atomic E-state index is 12.6. The van der Waals surface area contributed by atoms with Crippen molar-refractivity contribution in [2.75, 3.05) is 11.4 Å². The Balaban J connectivity index is 1.61. The van der Waals surface area contributed by atoms with E-state index >= 15 is 0 Å². The summed E-state index contributed by atoms with van der Waals surface area (Å²) in [6.07, 6.45) is 9.28. The van der Waals surface area contributed by atoms with Gasteiger partial charge in [0.05, 0.1) is 18.1 Å². The normalized spacial score (nSPS) is 17.5. The van der Waals surface area contributed by atoms with Crippen LogP contribution >= 0.6 is 0 Å². The Bertz CT molecular complexity index is 913. The van der Waals surface area contributed by atoms with Gasteiger partial charge >= 0.3 is 0 Å². The Kier molecular flexibility index (Phi) is 3.95. The number of hydrogen-bond donors (Lipinski definition) is 0. The van der Waals surface area contributed by atoms with Gasteiger partial charge in [-0.25, -0.2) is 15.0 Å². The van der Waals surface area contributed by atoms with Gasteiger partial charge in [-0.2, -0.15) is 5.10 Å². The summed E-state index contributed by atoms with van der Waals surface area (Å²) in [7, 11) is 1.82. The van der Waals surface area contributed by atoms with Crippen LogP contribution < -0.4 is 4.90 Å². The zero-order chi connectivity index (χ0) is 17.4. The summed E-state index contributed by atoms with van der Waals surface area (Å²) in [5.41, 5.74) is 2.32. The van der Waals surface area contributed by atoms with Gasteiger partial charge in [0, 0.05) is 38.8 Å². The van der Waals surface area contributed by atoms with Crippen LogP contribution in [-0.2, 0) is 13.6 Å². The van der Waals surface area contributed by atoms with Gasteiger partial charge in [0.25, 0.3) is 0 Å². The lowest BCUT2D eigenvalue weighted by molar-refractivity contribution is 0.0974. The molecule has 0 radical (unpaired) electrons. The standard InChI is InChI=1S/C17H21N7O/c1-3-23-11-20-15-16(23)18-10-19-17(15)24-6-4-5-13(24)7-14(25)12-8-21-22(2)9-12/h8-11,13H,3-7H2,1-2H3/t13-/m1/s1. The third-order valence-electron chi connectivity index (χ3n) is 4.82. The zero-order valence-electron chi connectivity index (χ0n) is 14.5. The van der Waals surface area contributed by atoms with Crippen molar-refractivity contribution in [3.63, 3.8) is 0 Å². The molecule has 130 valence electrons. The highest BCUT2D eigenvalue weighted by Crippen LogP contribution is 2.30. The highest BCUT2D eigenvalue weighted by molar-refractivity contribution is 5.96. The van der Waals surface area contributed by atoms with Crippen LogP contribution in [0.15, 0.2) is 25.0 Å². The molecule has 1 saturated heterocycles. The number of aryl methyl sites for hydroxylation is 2. The van der Waals surface area contributed by atoms with Crippen molar-refractivity contribution in [1.29, 1.82) is 0 Å². The molecule has 0 aromatic carbocycles. The minimum absolute atomic E-state index is 0.120. The second kappa shape index (κ2) is 6.27. The van der Waals surface area contributed by atoms with Gasteiger partial charge in [0.2, 0.25) is 0 Å². The van der Waals surface area contributed by atoms with Crippen LogP contribution in [0.25, 0.3) is 11.2 Å². The van der Waals surface area contributed by atoms with Gasteiger partial charge in [-0.05, 0) is 19.8 Å². The largest absolute Gasteiger partial charge is 0.351 e. The van der Waals surface area contributed by atoms with Crippen LogP contribution in [0.5, 0.6) is 0 Å². The van der Waals surface area contributed by atoms with Crippen molar-refractivity contribution in [2.24, 2.45) is 7.05 Å². The molecule has 1 aliphatic heterocycles. The predicted molar refractivity (Wildman–Crippen MR) is 93.5 cm³/mol. The van der Waals surface area contributed by atoms with Gasteiger partial charge in [0.1, 0.15) is 6.33 Å². The van der Waals surface area contributed by atoms with E-state index < -0.39 is 0 Å². The summed E-state index contributed by atoms with van der Waals surface area (Å²) in [6, 6.07) is 0.137. The molecule has 0 amide bonds. The monoisotopic (exact) mass is 339 g/mol. The number of hydrogen-bond acceptors (Lipinski definition) is 6. The second-order valence-electron chi connectivity index (χ2n) is 6.42. The van der Waals surface area contributed by atoms with E-state index in [1.165, 1.54) is 0 Å². The number of fused-ring (bicyclic) bond motifs is 1.